The largest absolute Gasteiger partial charge is 0.459 e. The summed E-state index contributed by atoms with van der Waals surface area (Å²) in [7, 11) is 5.45. The molecule has 0 saturated carbocycles. The van der Waals surface area contributed by atoms with Crippen LogP contribution in [0, 0.1) is 23.2 Å². The number of aliphatic hydroxyl groups excluding tert-OH is 2. The number of methoxy groups -OCH3 is 1. The van der Waals surface area contributed by atoms with E-state index in [0.717, 1.165) is 0 Å². The number of ether oxygens (including phenoxy) is 7. The fourth-order valence-electron chi connectivity index (χ4n) is 10.2. The van der Waals surface area contributed by atoms with Crippen molar-refractivity contribution in [2.75, 3.05) is 60.6 Å². The van der Waals surface area contributed by atoms with Gasteiger partial charge >= 0.3 is 5.97 Å². The second-order valence-corrected chi connectivity index (χ2v) is 19.5. The minimum Gasteiger partial charge on any atom is -0.459 e. The first-order chi connectivity index (χ1) is 26.9. The molecular weight excluding hydrogens is 750 g/mol. The lowest BCUT2D eigenvalue weighted by molar-refractivity contribution is -0.338. The van der Waals surface area contributed by atoms with E-state index in [4.69, 9.17) is 33.2 Å². The molecule has 15 nitrogen and oxygen atoms in total. The fourth-order valence-corrected chi connectivity index (χ4v) is 10.2. The summed E-state index contributed by atoms with van der Waals surface area (Å²) in [4.78, 5) is 18.6. The Balaban J connectivity index is 1.79. The van der Waals surface area contributed by atoms with Crippen LogP contribution in [0.2, 0.25) is 0 Å². The van der Waals surface area contributed by atoms with Crippen molar-refractivity contribution in [3.63, 3.8) is 0 Å². The van der Waals surface area contributed by atoms with Gasteiger partial charge in [0.2, 0.25) is 0 Å². The number of cyclic esters (lactones) is 1. The van der Waals surface area contributed by atoms with Crippen LogP contribution in [-0.4, -0.2) is 181 Å². The molecule has 0 aromatic rings. The van der Waals surface area contributed by atoms with E-state index in [9.17, 15) is 25.2 Å². The summed E-state index contributed by atoms with van der Waals surface area (Å²) in [5, 5.41) is 50.9. The first kappa shape index (κ1) is 49.6. The van der Waals surface area contributed by atoms with Gasteiger partial charge in [0.05, 0.1) is 49.7 Å². The number of β-amino-alcohol motifs (C(OH)–C–C–N with tert-alkyl or cyclic N) is 1. The minimum atomic E-state index is -1.75. The van der Waals surface area contributed by atoms with Crippen molar-refractivity contribution in [3.05, 3.63) is 0 Å². The summed E-state index contributed by atoms with van der Waals surface area (Å²) in [5.74, 6) is -2.45. The van der Waals surface area contributed by atoms with Gasteiger partial charge in [-0.25, -0.2) is 0 Å². The normalized spacial score (nSPS) is 46.9. The molecule has 15 heteroatoms. The molecule has 0 unspecified atom stereocenters. The zero-order chi connectivity index (χ0) is 43.5. The van der Waals surface area contributed by atoms with Crippen LogP contribution in [0.1, 0.15) is 102 Å². The van der Waals surface area contributed by atoms with Crippen LogP contribution in [-0.2, 0) is 38.0 Å². The van der Waals surface area contributed by atoms with Gasteiger partial charge in [-0.1, -0.05) is 34.6 Å². The molecule has 4 rings (SSSR count). The molecule has 5 N–H and O–H groups in total. The molecule has 58 heavy (non-hydrogen) atoms. The standard InChI is InChI=1S/C43H81N3O12/c1-15-32-42(11,50)36(48)25(2)23-44-26(3)21-40(8,9)37(58-39-34(47)31(45(12)13)20-27(4)54-39)28(5)35(29(6)38(49)56-32)57-33-22-41(10,52-14)43(51,30(7)55-33)24-46-16-18-53-19-17-46/h25-37,39,44,47-48,50-51H,15-24H2,1-14H3/t25-,26+,27+,28-,29+,30-,31-,32+,33+,34+,35+,36+,37+,39-,41-,42+,43+/m0/s1. The number of nitrogens with one attached hydrogen (secondary N) is 1. The van der Waals surface area contributed by atoms with Gasteiger partial charge in [-0.2, -0.15) is 0 Å². The maximum atomic E-state index is 14.5. The summed E-state index contributed by atoms with van der Waals surface area (Å²) in [6.07, 6.45) is -5.86. The van der Waals surface area contributed by atoms with Gasteiger partial charge < -0.3 is 63.8 Å². The van der Waals surface area contributed by atoms with Crippen LogP contribution in [0.5, 0.6) is 0 Å². The molecule has 0 bridgehead atoms. The van der Waals surface area contributed by atoms with Crippen LogP contribution in [0.3, 0.4) is 0 Å². The average molecular weight is 832 g/mol. The first-order valence-corrected chi connectivity index (χ1v) is 21.8. The first-order valence-electron chi connectivity index (χ1n) is 21.8. The quantitative estimate of drug-likeness (QED) is 0.214. The Morgan fingerprint density at radius 3 is 2.17 bits per heavy atom. The van der Waals surface area contributed by atoms with Crippen molar-refractivity contribution in [1.82, 2.24) is 15.1 Å². The third-order valence-electron chi connectivity index (χ3n) is 14.1. The van der Waals surface area contributed by atoms with E-state index >= 15 is 0 Å². The highest BCUT2D eigenvalue weighted by Gasteiger charge is 2.59. The smallest absolute Gasteiger partial charge is 0.311 e. The van der Waals surface area contributed by atoms with Gasteiger partial charge in [-0.15, -0.1) is 0 Å². The maximum Gasteiger partial charge on any atom is 0.311 e. The monoisotopic (exact) mass is 832 g/mol. The summed E-state index contributed by atoms with van der Waals surface area (Å²) >= 11 is 0. The van der Waals surface area contributed by atoms with Gasteiger partial charge in [0, 0.05) is 57.7 Å². The van der Waals surface area contributed by atoms with Crippen LogP contribution >= 0.6 is 0 Å². The van der Waals surface area contributed by atoms with Gasteiger partial charge in [0.1, 0.15) is 29.0 Å². The molecular formula is C43H81N3O12. The molecule has 4 heterocycles. The lowest BCUT2D eigenvalue weighted by Crippen LogP contribution is -2.70. The number of nitrogens with zero attached hydrogens (tertiary/aromatic N) is 2. The molecule has 0 aromatic carbocycles. The van der Waals surface area contributed by atoms with Gasteiger partial charge in [0.25, 0.3) is 0 Å². The Labute approximate surface area is 348 Å². The van der Waals surface area contributed by atoms with E-state index in [1.54, 1.807) is 14.0 Å². The third-order valence-corrected chi connectivity index (χ3v) is 14.1. The lowest BCUT2D eigenvalue weighted by atomic mass is 9.72. The van der Waals surface area contributed by atoms with Crippen molar-refractivity contribution >= 4 is 5.97 Å². The number of esters is 1. The van der Waals surface area contributed by atoms with Crippen molar-refractivity contribution in [3.8, 4) is 0 Å². The van der Waals surface area contributed by atoms with E-state index < -0.39 is 89.2 Å². The number of carbonyl (C=O) groups excluding carboxylic acids is 1. The lowest BCUT2D eigenvalue weighted by Gasteiger charge is -2.55. The number of hydrogen-bond acceptors (Lipinski definition) is 15. The molecule has 4 fully saturated rings. The Kier molecular flexibility index (Phi) is 17.1. The molecule has 0 aliphatic carbocycles. The van der Waals surface area contributed by atoms with Crippen LogP contribution in [0.25, 0.3) is 0 Å². The molecule has 0 aromatic heterocycles. The molecule has 340 valence electrons. The number of rotatable bonds is 9. The average Bonchev–Trinajstić information content (AvgIpc) is 3.15. The van der Waals surface area contributed by atoms with Gasteiger partial charge in [-0.3, -0.25) is 9.69 Å². The fraction of sp³-hybridized carbons (Fsp3) is 0.977. The highest BCUT2D eigenvalue weighted by Crippen LogP contribution is 2.45. The van der Waals surface area contributed by atoms with Crippen molar-refractivity contribution in [1.29, 1.82) is 0 Å². The van der Waals surface area contributed by atoms with Crippen LogP contribution < -0.4 is 5.32 Å². The molecule has 17 atom stereocenters. The highest BCUT2D eigenvalue weighted by molar-refractivity contribution is 5.73. The van der Waals surface area contributed by atoms with Crippen molar-refractivity contribution in [2.45, 2.75) is 186 Å². The number of morpholine rings is 1. The molecule has 4 saturated heterocycles. The van der Waals surface area contributed by atoms with E-state index in [0.29, 0.717) is 52.2 Å². The number of aliphatic hydroxyl groups is 4. The minimum absolute atomic E-state index is 0.0607. The summed E-state index contributed by atoms with van der Waals surface area (Å²) in [6, 6.07) is -0.267. The zero-order valence-electron chi connectivity index (χ0n) is 38.1. The predicted molar refractivity (Wildman–Crippen MR) is 219 cm³/mol. The molecule has 0 radical (unpaired) electrons. The van der Waals surface area contributed by atoms with E-state index in [1.165, 1.54) is 6.92 Å². The third kappa shape index (κ3) is 10.9. The van der Waals surface area contributed by atoms with Crippen molar-refractivity contribution < 1.29 is 58.4 Å². The van der Waals surface area contributed by atoms with E-state index in [-0.39, 0.29) is 36.9 Å². The van der Waals surface area contributed by atoms with E-state index in [2.05, 4.69) is 31.0 Å². The van der Waals surface area contributed by atoms with Crippen LogP contribution in [0.15, 0.2) is 0 Å². The van der Waals surface area contributed by atoms with Crippen LogP contribution in [0.4, 0.5) is 0 Å². The summed E-state index contributed by atoms with van der Waals surface area (Å²) < 4.78 is 44.8. The number of carbonyl (C=O) groups is 1. The molecule has 0 spiro atoms. The zero-order valence-corrected chi connectivity index (χ0v) is 38.1. The Morgan fingerprint density at radius 2 is 1.59 bits per heavy atom. The second kappa shape index (κ2) is 20.0. The van der Waals surface area contributed by atoms with Gasteiger partial charge in [-0.05, 0) is 86.2 Å². The molecule has 0 amide bonds. The highest BCUT2D eigenvalue weighted by atomic mass is 16.7. The Hall–Kier alpha value is -1.05. The van der Waals surface area contributed by atoms with Gasteiger partial charge in [0.15, 0.2) is 12.6 Å². The SMILES string of the molecule is CC[C@H]1OC(=O)[C@H](C)[C@H](O[C@@H]2C[C@](C)(OC)[C@@](O)(CN3CCOCC3)[C@H](C)O2)[C@H](C)[C@@H](O[C@@H]2O[C@H](C)C[C@H](N(C)C)[C@H]2O)C(C)(C)C[C@@H](C)NC[C@H](C)[C@@H](O)[C@]1(C)O. The molecule has 4 aliphatic rings. The molecule has 4 aliphatic heterocycles. The maximum absolute atomic E-state index is 14.5. The predicted octanol–water partition coefficient (Wildman–Crippen LogP) is 2.54. The summed E-state index contributed by atoms with van der Waals surface area (Å²) in [6.45, 7) is 24.1. The second-order valence-electron chi connectivity index (χ2n) is 19.5. The topological polar surface area (TPSA) is 181 Å². The summed E-state index contributed by atoms with van der Waals surface area (Å²) in [5.41, 5.74) is -4.86. The number of hydrogen-bond donors (Lipinski definition) is 5. The Bertz CT molecular complexity index is 1300. The number of likely N-dealkylation sites (N-methyl/N-ethyl adjacent to an activating group) is 1. The van der Waals surface area contributed by atoms with Crippen molar-refractivity contribution in [2.24, 2.45) is 23.2 Å². The van der Waals surface area contributed by atoms with E-state index in [1.807, 2.05) is 60.5 Å². The Morgan fingerprint density at radius 1 is 0.948 bits per heavy atom.